The van der Waals surface area contributed by atoms with Crippen molar-refractivity contribution in [2.24, 2.45) is 0 Å². The van der Waals surface area contributed by atoms with E-state index in [2.05, 4.69) is 5.32 Å². The van der Waals surface area contributed by atoms with Crippen LogP contribution in [0.4, 0.5) is 0 Å². The Labute approximate surface area is 106 Å². The van der Waals surface area contributed by atoms with Crippen molar-refractivity contribution >= 4 is 17.1 Å². The number of ether oxygens (including phenoxy) is 1. The molecule has 0 atom stereocenters. The van der Waals surface area contributed by atoms with Gasteiger partial charge in [0.1, 0.15) is 5.78 Å². The maximum Gasteiger partial charge on any atom is 0.140 e. The number of hydrogen-bond donors (Lipinski definition) is 1. The van der Waals surface area contributed by atoms with Gasteiger partial charge in [0.25, 0.3) is 0 Å². The molecule has 1 aromatic rings. The van der Waals surface area contributed by atoms with E-state index in [1.54, 1.807) is 11.3 Å². The Morgan fingerprint density at radius 2 is 2.29 bits per heavy atom. The lowest BCUT2D eigenvalue weighted by Crippen LogP contribution is -2.32. The number of piperidine rings is 1. The van der Waals surface area contributed by atoms with Gasteiger partial charge in [0.05, 0.1) is 12.7 Å². The predicted octanol–water partition coefficient (Wildman–Crippen LogP) is 2.02. The first-order valence-electron chi connectivity index (χ1n) is 6.21. The second kappa shape index (κ2) is 6.89. The molecule has 0 bridgehead atoms. The molecule has 1 N–H and O–H groups in total. The van der Waals surface area contributed by atoms with Gasteiger partial charge in [0, 0.05) is 17.7 Å². The van der Waals surface area contributed by atoms with Crippen LogP contribution < -0.4 is 5.32 Å². The second-order valence-corrected chi connectivity index (χ2v) is 5.40. The fraction of sp³-hybridized carbons (Fsp3) is 0.615. The minimum Gasteiger partial charge on any atom is -0.378 e. The van der Waals surface area contributed by atoms with Gasteiger partial charge >= 0.3 is 0 Å². The third-order valence-electron chi connectivity index (χ3n) is 2.97. The molecule has 17 heavy (non-hydrogen) atoms. The van der Waals surface area contributed by atoms with Crippen molar-refractivity contribution < 1.29 is 9.53 Å². The largest absolute Gasteiger partial charge is 0.378 e. The molecule has 4 heteroatoms. The molecule has 0 unspecified atom stereocenters. The number of carbonyl (C=O) groups is 1. The van der Waals surface area contributed by atoms with Crippen LogP contribution in [-0.4, -0.2) is 31.6 Å². The van der Waals surface area contributed by atoms with Crippen LogP contribution in [0.5, 0.6) is 0 Å². The zero-order valence-corrected chi connectivity index (χ0v) is 10.8. The summed E-state index contributed by atoms with van der Waals surface area (Å²) in [6, 6.07) is 4.00. The van der Waals surface area contributed by atoms with E-state index in [9.17, 15) is 4.79 Å². The zero-order chi connectivity index (χ0) is 11.9. The second-order valence-electron chi connectivity index (χ2n) is 4.36. The van der Waals surface area contributed by atoms with Crippen molar-refractivity contribution in [1.29, 1.82) is 0 Å². The molecule has 1 fully saturated rings. The summed E-state index contributed by atoms with van der Waals surface area (Å²) in [5.74, 6) is 0.279. The average molecular weight is 253 g/mol. The van der Waals surface area contributed by atoms with Gasteiger partial charge in [0.15, 0.2) is 0 Å². The van der Waals surface area contributed by atoms with Crippen LogP contribution >= 0.6 is 11.3 Å². The van der Waals surface area contributed by atoms with E-state index >= 15 is 0 Å². The number of hydrogen-bond acceptors (Lipinski definition) is 4. The molecule has 2 heterocycles. The molecule has 3 nitrogen and oxygen atoms in total. The number of rotatable bonds is 6. The maximum atomic E-state index is 11.7. The Morgan fingerprint density at radius 3 is 3.00 bits per heavy atom. The number of Topliss-reactive ketones (excluding diaryl/α,β-unsaturated/α-hetero) is 1. The molecular formula is C13H19NO2S. The first-order chi connectivity index (χ1) is 8.34. The first-order valence-corrected chi connectivity index (χ1v) is 7.09. The van der Waals surface area contributed by atoms with Crippen LogP contribution in [-0.2, 0) is 16.0 Å². The van der Waals surface area contributed by atoms with Gasteiger partial charge in [0.2, 0.25) is 0 Å². The molecule has 2 rings (SSSR count). The topological polar surface area (TPSA) is 38.3 Å². The minimum absolute atomic E-state index is 0.279. The van der Waals surface area contributed by atoms with Crippen molar-refractivity contribution in [3.8, 4) is 0 Å². The summed E-state index contributed by atoms with van der Waals surface area (Å²) in [7, 11) is 0. The van der Waals surface area contributed by atoms with E-state index in [1.165, 1.54) is 0 Å². The van der Waals surface area contributed by atoms with E-state index < -0.39 is 0 Å². The van der Waals surface area contributed by atoms with Gasteiger partial charge in [-0.1, -0.05) is 6.07 Å². The van der Waals surface area contributed by atoms with Crippen molar-refractivity contribution in [3.05, 3.63) is 22.4 Å². The highest BCUT2D eigenvalue weighted by atomic mass is 32.1. The summed E-state index contributed by atoms with van der Waals surface area (Å²) in [4.78, 5) is 12.8. The van der Waals surface area contributed by atoms with E-state index in [1.807, 2.05) is 17.5 Å². The summed E-state index contributed by atoms with van der Waals surface area (Å²) >= 11 is 1.64. The first kappa shape index (κ1) is 12.7. The molecule has 0 aliphatic carbocycles. The summed E-state index contributed by atoms with van der Waals surface area (Å²) in [6.45, 7) is 2.65. The van der Waals surface area contributed by atoms with Crippen molar-refractivity contribution in [3.63, 3.8) is 0 Å². The zero-order valence-electron chi connectivity index (χ0n) is 9.98. The standard InChI is InChI=1S/C13H19NO2S/c15-11(10-13-2-1-9-17-13)5-8-16-12-3-6-14-7-4-12/h1-2,9,12,14H,3-8,10H2. The average Bonchev–Trinajstić information content (AvgIpc) is 2.83. The molecule has 94 valence electrons. The fourth-order valence-electron chi connectivity index (χ4n) is 2.00. The summed E-state index contributed by atoms with van der Waals surface area (Å²) in [6.07, 6.45) is 3.60. The quantitative estimate of drug-likeness (QED) is 0.843. The van der Waals surface area contributed by atoms with Gasteiger partial charge in [-0.05, 0) is 37.4 Å². The lowest BCUT2D eigenvalue weighted by molar-refractivity contribution is -0.120. The highest BCUT2D eigenvalue weighted by Crippen LogP contribution is 2.11. The monoisotopic (exact) mass is 253 g/mol. The van der Waals surface area contributed by atoms with Crippen molar-refractivity contribution in [1.82, 2.24) is 5.32 Å². The Balaban J connectivity index is 1.59. The van der Waals surface area contributed by atoms with Crippen LogP contribution in [0.3, 0.4) is 0 Å². The van der Waals surface area contributed by atoms with E-state index in [0.717, 1.165) is 30.8 Å². The predicted molar refractivity (Wildman–Crippen MR) is 69.5 cm³/mol. The molecule has 0 spiro atoms. The molecule has 1 saturated heterocycles. The molecule has 0 aromatic carbocycles. The highest BCUT2D eigenvalue weighted by Gasteiger charge is 2.13. The molecule has 1 aliphatic heterocycles. The van der Waals surface area contributed by atoms with Crippen LogP contribution in [0, 0.1) is 0 Å². The maximum absolute atomic E-state index is 11.7. The van der Waals surface area contributed by atoms with Crippen LogP contribution in [0.1, 0.15) is 24.1 Å². The molecule has 0 saturated carbocycles. The lowest BCUT2D eigenvalue weighted by Gasteiger charge is -2.22. The minimum atomic E-state index is 0.279. The van der Waals surface area contributed by atoms with Crippen molar-refractivity contribution in [2.75, 3.05) is 19.7 Å². The SMILES string of the molecule is O=C(CCOC1CCNCC1)Cc1cccs1. The van der Waals surface area contributed by atoms with Crippen LogP contribution in [0.2, 0.25) is 0 Å². The van der Waals surface area contributed by atoms with E-state index in [0.29, 0.717) is 25.6 Å². The smallest absolute Gasteiger partial charge is 0.140 e. The third-order valence-corrected chi connectivity index (χ3v) is 3.85. The molecular weight excluding hydrogens is 234 g/mol. The number of thiophene rings is 1. The summed E-state index contributed by atoms with van der Waals surface area (Å²) in [5, 5.41) is 5.31. The van der Waals surface area contributed by atoms with Crippen LogP contribution in [0.15, 0.2) is 17.5 Å². The van der Waals surface area contributed by atoms with Gasteiger partial charge in [-0.3, -0.25) is 4.79 Å². The third kappa shape index (κ3) is 4.58. The highest BCUT2D eigenvalue weighted by molar-refractivity contribution is 7.10. The van der Waals surface area contributed by atoms with Gasteiger partial charge in [-0.2, -0.15) is 0 Å². The molecule has 0 radical (unpaired) electrons. The summed E-state index contributed by atoms with van der Waals surface area (Å²) < 4.78 is 5.72. The Bertz CT molecular complexity index is 331. The fourth-order valence-corrected chi connectivity index (χ4v) is 2.73. The Morgan fingerprint density at radius 1 is 1.47 bits per heavy atom. The molecule has 1 aliphatic rings. The van der Waals surface area contributed by atoms with Crippen LogP contribution in [0.25, 0.3) is 0 Å². The van der Waals surface area contributed by atoms with Gasteiger partial charge in [-0.15, -0.1) is 11.3 Å². The van der Waals surface area contributed by atoms with Gasteiger partial charge < -0.3 is 10.1 Å². The number of carbonyl (C=O) groups excluding carboxylic acids is 1. The van der Waals surface area contributed by atoms with Gasteiger partial charge in [-0.25, -0.2) is 0 Å². The Kier molecular flexibility index (Phi) is 5.16. The summed E-state index contributed by atoms with van der Waals surface area (Å²) in [5.41, 5.74) is 0. The van der Waals surface area contributed by atoms with E-state index in [-0.39, 0.29) is 5.78 Å². The van der Waals surface area contributed by atoms with E-state index in [4.69, 9.17) is 4.74 Å². The lowest BCUT2D eigenvalue weighted by atomic mass is 10.1. The molecule has 0 amide bonds. The Hall–Kier alpha value is -0.710. The van der Waals surface area contributed by atoms with Crippen molar-refractivity contribution in [2.45, 2.75) is 31.8 Å². The molecule has 1 aromatic heterocycles. The number of nitrogens with one attached hydrogen (secondary N) is 1. The number of ketones is 1. The normalized spacial score (nSPS) is 17.2.